The van der Waals surface area contributed by atoms with Gasteiger partial charge in [0.15, 0.2) is 0 Å². The van der Waals surface area contributed by atoms with Gasteiger partial charge in [-0.1, -0.05) is 6.07 Å². The summed E-state index contributed by atoms with van der Waals surface area (Å²) in [5.41, 5.74) is -0.593. The van der Waals surface area contributed by atoms with Crippen LogP contribution in [-0.2, 0) is 21.2 Å². The van der Waals surface area contributed by atoms with Gasteiger partial charge in [0.2, 0.25) is 0 Å². The van der Waals surface area contributed by atoms with E-state index in [0.717, 1.165) is 0 Å². The molecule has 11 heteroatoms. The first kappa shape index (κ1) is 20.6. The van der Waals surface area contributed by atoms with Crippen molar-refractivity contribution in [3.63, 3.8) is 0 Å². The topological polar surface area (TPSA) is 149 Å². The van der Waals surface area contributed by atoms with E-state index in [4.69, 9.17) is 33.0 Å². The van der Waals surface area contributed by atoms with Crippen LogP contribution in [-0.4, -0.2) is 31.3 Å². The molecule has 132 valence electrons. The molecule has 0 saturated carbocycles. The SMILES string of the molecule is [C-]#[N+]C(C#N)=c1cc(OCCOS(=O)(=O)O)c(=C(C#N)[N+]#[C-])cc1CO. The Bertz CT molecular complexity index is 1070. The number of aliphatic hydroxyl groups excluding tert-OH is 1. The van der Waals surface area contributed by atoms with E-state index in [1.54, 1.807) is 12.1 Å². The van der Waals surface area contributed by atoms with Gasteiger partial charge in [-0.15, -0.1) is 0 Å². The van der Waals surface area contributed by atoms with Crippen LogP contribution in [0.15, 0.2) is 12.1 Å². The Balaban J connectivity index is 3.59. The number of rotatable bonds is 6. The minimum absolute atomic E-state index is 0.00979. The van der Waals surface area contributed by atoms with Gasteiger partial charge in [0.05, 0.1) is 31.9 Å². The van der Waals surface area contributed by atoms with Crippen LogP contribution in [0, 0.1) is 35.8 Å². The first-order valence-corrected chi connectivity index (χ1v) is 8.00. The predicted molar refractivity (Wildman–Crippen MR) is 85.9 cm³/mol. The molecule has 0 atom stereocenters. The van der Waals surface area contributed by atoms with Gasteiger partial charge in [0.1, 0.15) is 19.0 Å². The number of nitrogens with zero attached hydrogens (tertiary/aromatic N) is 4. The molecule has 0 aliphatic heterocycles. The molecule has 0 heterocycles. The van der Waals surface area contributed by atoms with Gasteiger partial charge in [-0.3, -0.25) is 4.55 Å². The van der Waals surface area contributed by atoms with Gasteiger partial charge in [-0.2, -0.15) is 8.42 Å². The Morgan fingerprint density at radius 2 is 1.69 bits per heavy atom. The van der Waals surface area contributed by atoms with Gasteiger partial charge in [-0.05, 0) is 11.6 Å². The molecule has 0 amide bonds. The standard InChI is InChI=1S/C15H10N4O6S/c1-18-13(7-16)11-6-15(24-3-4-25-26(21,22)23)12(5-10(11)9-20)14(8-17)19-2/h5-6,20H,3-4,9H2,(H,21,22,23). The molecule has 0 fully saturated rings. The Morgan fingerprint density at radius 3 is 2.15 bits per heavy atom. The first-order valence-electron chi connectivity index (χ1n) is 6.63. The summed E-state index contributed by atoms with van der Waals surface area (Å²) in [6, 6.07) is 5.73. The van der Waals surface area contributed by atoms with Crippen LogP contribution in [0.1, 0.15) is 5.56 Å². The Kier molecular flexibility index (Phi) is 7.24. The molecule has 0 radical (unpaired) electrons. The molecule has 0 aliphatic rings. The largest absolute Gasteiger partial charge is 0.492 e. The van der Waals surface area contributed by atoms with Crippen LogP contribution in [0.25, 0.3) is 21.1 Å². The van der Waals surface area contributed by atoms with Crippen molar-refractivity contribution in [3.05, 3.63) is 51.0 Å². The van der Waals surface area contributed by atoms with Crippen molar-refractivity contribution in [1.82, 2.24) is 0 Å². The summed E-state index contributed by atoms with van der Waals surface area (Å²) < 4.78 is 38.9. The molecular formula is C15H10N4O6S. The second-order valence-corrected chi connectivity index (χ2v) is 5.50. The molecular weight excluding hydrogens is 364 g/mol. The van der Waals surface area contributed by atoms with E-state index in [1.807, 2.05) is 0 Å². The lowest BCUT2D eigenvalue weighted by atomic mass is 10.1. The summed E-state index contributed by atoms with van der Waals surface area (Å²) in [5.74, 6) is -0.0971. The summed E-state index contributed by atoms with van der Waals surface area (Å²) in [5, 5.41) is 27.6. The molecule has 1 rings (SSSR count). The van der Waals surface area contributed by atoms with E-state index in [2.05, 4.69) is 13.9 Å². The van der Waals surface area contributed by atoms with Crippen molar-refractivity contribution in [3.8, 4) is 17.9 Å². The minimum atomic E-state index is -4.66. The number of aliphatic hydroxyl groups is 1. The maximum absolute atomic E-state index is 10.5. The highest BCUT2D eigenvalue weighted by molar-refractivity contribution is 7.80. The summed E-state index contributed by atoms with van der Waals surface area (Å²) in [4.78, 5) is 6.08. The second-order valence-electron chi connectivity index (χ2n) is 4.41. The summed E-state index contributed by atoms with van der Waals surface area (Å²) in [6.45, 7) is 12.5. The first-order chi connectivity index (χ1) is 12.3. The van der Waals surface area contributed by atoms with E-state index in [0.29, 0.717) is 0 Å². The van der Waals surface area contributed by atoms with Crippen molar-refractivity contribution < 1.29 is 27.0 Å². The zero-order chi connectivity index (χ0) is 19.7. The molecule has 1 aromatic rings. The molecule has 10 nitrogen and oxygen atoms in total. The number of benzene rings is 1. The van der Waals surface area contributed by atoms with Crippen molar-refractivity contribution in [1.29, 1.82) is 10.5 Å². The average Bonchev–Trinajstić information content (AvgIpc) is 2.61. The van der Waals surface area contributed by atoms with E-state index in [9.17, 15) is 13.5 Å². The highest BCUT2D eigenvalue weighted by Gasteiger charge is 2.11. The van der Waals surface area contributed by atoms with Crippen molar-refractivity contribution in [2.24, 2.45) is 0 Å². The molecule has 0 bridgehead atoms. The normalized spacial score (nSPS) is 12.7. The minimum Gasteiger partial charge on any atom is -0.492 e. The lowest BCUT2D eigenvalue weighted by molar-refractivity contribution is 0.200. The highest BCUT2D eigenvalue weighted by atomic mass is 32.3. The van der Waals surface area contributed by atoms with Gasteiger partial charge < -0.3 is 9.84 Å². The van der Waals surface area contributed by atoms with Gasteiger partial charge in [0, 0.05) is 10.4 Å². The lowest BCUT2D eigenvalue weighted by Crippen LogP contribution is -2.22. The van der Waals surface area contributed by atoms with Gasteiger partial charge in [-0.25, -0.2) is 24.4 Å². The number of ether oxygens (including phenoxy) is 1. The molecule has 2 N–H and O–H groups in total. The Morgan fingerprint density at radius 1 is 1.12 bits per heavy atom. The van der Waals surface area contributed by atoms with Crippen LogP contribution >= 0.6 is 0 Å². The molecule has 0 aliphatic carbocycles. The molecule has 0 spiro atoms. The molecule has 0 saturated heterocycles. The Hall–Kier alpha value is -3.45. The second kappa shape index (κ2) is 9.14. The van der Waals surface area contributed by atoms with Crippen LogP contribution in [0.2, 0.25) is 0 Å². The van der Waals surface area contributed by atoms with Gasteiger partial charge >= 0.3 is 10.4 Å². The van der Waals surface area contributed by atoms with Crippen molar-refractivity contribution >= 4 is 21.8 Å². The maximum atomic E-state index is 10.5. The van der Waals surface area contributed by atoms with Crippen LogP contribution in [0.3, 0.4) is 0 Å². The number of nitriles is 2. The lowest BCUT2D eigenvalue weighted by Gasteiger charge is -2.10. The fraction of sp³-hybridized carbons (Fsp3) is 0.200. The predicted octanol–water partition coefficient (Wildman–Crippen LogP) is -0.521. The third-order valence-corrected chi connectivity index (χ3v) is 3.36. The smallest absolute Gasteiger partial charge is 0.397 e. The van der Waals surface area contributed by atoms with Crippen molar-refractivity contribution in [2.45, 2.75) is 6.61 Å². The highest BCUT2D eigenvalue weighted by Crippen LogP contribution is 2.08. The van der Waals surface area contributed by atoms with E-state index in [1.165, 1.54) is 12.1 Å². The maximum Gasteiger partial charge on any atom is 0.397 e. The van der Waals surface area contributed by atoms with E-state index < -0.39 is 23.6 Å². The monoisotopic (exact) mass is 374 g/mol. The quantitative estimate of drug-likeness (QED) is 0.384. The van der Waals surface area contributed by atoms with Crippen LogP contribution in [0.5, 0.6) is 5.75 Å². The molecule has 0 unspecified atom stereocenters. The third kappa shape index (κ3) is 5.29. The summed E-state index contributed by atoms with van der Waals surface area (Å²) in [6.07, 6.45) is 0. The molecule has 1 aromatic carbocycles. The Labute approximate surface area is 148 Å². The number of hydrogen-bond donors (Lipinski definition) is 2. The van der Waals surface area contributed by atoms with Crippen LogP contribution < -0.4 is 15.2 Å². The molecule has 0 aromatic heterocycles. The zero-order valence-corrected chi connectivity index (χ0v) is 13.8. The third-order valence-electron chi connectivity index (χ3n) is 2.89. The number of hydrogen-bond acceptors (Lipinski definition) is 7. The fourth-order valence-corrected chi connectivity index (χ4v) is 2.14. The van der Waals surface area contributed by atoms with Crippen LogP contribution in [0.4, 0.5) is 0 Å². The zero-order valence-electron chi connectivity index (χ0n) is 13.0. The summed E-state index contributed by atoms with van der Waals surface area (Å²) in [7, 11) is -4.66. The summed E-state index contributed by atoms with van der Waals surface area (Å²) >= 11 is 0. The molecule has 26 heavy (non-hydrogen) atoms. The van der Waals surface area contributed by atoms with Crippen molar-refractivity contribution in [2.75, 3.05) is 13.2 Å². The van der Waals surface area contributed by atoms with Gasteiger partial charge in [0.25, 0.3) is 11.4 Å². The van der Waals surface area contributed by atoms with E-state index >= 15 is 0 Å². The average molecular weight is 374 g/mol. The fourth-order valence-electron chi connectivity index (χ4n) is 1.86. The van der Waals surface area contributed by atoms with E-state index in [-0.39, 0.29) is 39.8 Å².